The van der Waals surface area contributed by atoms with Crippen LogP contribution in [0.1, 0.15) is 335 Å². The molecule has 0 aromatic heterocycles. The van der Waals surface area contributed by atoms with Crippen LogP contribution in [0.15, 0.2) is 134 Å². The number of phosphoric ester groups is 1. The van der Waals surface area contributed by atoms with Gasteiger partial charge in [0.25, 0.3) is 0 Å². The van der Waals surface area contributed by atoms with Gasteiger partial charge in [0.2, 0.25) is 0 Å². The van der Waals surface area contributed by atoms with Gasteiger partial charge in [-0.2, -0.15) is 0 Å². The molecular formula is C84H147NO8P+. The Labute approximate surface area is 581 Å². The number of hydrogen-bond donors (Lipinski definition) is 1. The molecule has 0 bridgehead atoms. The van der Waals surface area contributed by atoms with Crippen LogP contribution >= 0.6 is 7.82 Å². The Morgan fingerprint density at radius 1 is 0.340 bits per heavy atom. The number of allylic oxidation sites excluding steroid dienone is 22. The summed E-state index contributed by atoms with van der Waals surface area (Å²) in [6, 6.07) is 0. The van der Waals surface area contributed by atoms with E-state index in [-0.39, 0.29) is 32.0 Å². The van der Waals surface area contributed by atoms with Crippen LogP contribution in [0.25, 0.3) is 0 Å². The lowest BCUT2D eigenvalue weighted by atomic mass is 10.0. The van der Waals surface area contributed by atoms with E-state index in [1.165, 1.54) is 193 Å². The summed E-state index contributed by atoms with van der Waals surface area (Å²) >= 11 is 0. The van der Waals surface area contributed by atoms with E-state index in [2.05, 4.69) is 148 Å². The van der Waals surface area contributed by atoms with Crippen LogP contribution in [0.5, 0.6) is 0 Å². The van der Waals surface area contributed by atoms with E-state index in [4.69, 9.17) is 18.5 Å². The summed E-state index contributed by atoms with van der Waals surface area (Å²) in [5, 5.41) is 0. The standard InChI is InChI=1S/C84H146NO8P/c1-6-8-10-12-14-16-18-20-22-24-26-28-30-32-34-36-38-40-41-42-43-45-46-48-50-52-54-56-58-60-62-64-66-68-70-72-74-76-83(86)90-80-82(81-92-94(88,89)91-79-78-85(3,4)5)93-84(87)77-75-73-71-69-67-65-63-61-59-57-55-53-51-49-47-44-39-37-35-33-31-29-27-25-23-21-19-17-15-13-11-9-7-2/h9,11,15,17-18,20-21,23-24,26-27,29-30,32-33,35,39,44,49,51,55,57,82H,6-8,10,12-14,16,19,22,25,28,31,34,36-38,40-43,45-48,50,52-54,56,58-81H2,1-5H3/p+1/b11-9-,17-15-,20-18-,23-21-,26-24-,29-27-,32-30-,35-33-,44-39-,51-49-,57-55-. The van der Waals surface area contributed by atoms with Gasteiger partial charge in [0.1, 0.15) is 19.8 Å². The first-order valence-electron chi connectivity index (χ1n) is 38.9. The molecule has 540 valence electrons. The van der Waals surface area contributed by atoms with Gasteiger partial charge in [-0.3, -0.25) is 18.6 Å². The minimum Gasteiger partial charge on any atom is -0.462 e. The molecule has 10 heteroatoms. The molecule has 9 nitrogen and oxygen atoms in total. The van der Waals surface area contributed by atoms with Gasteiger partial charge in [0.15, 0.2) is 6.10 Å². The van der Waals surface area contributed by atoms with Crippen LogP contribution < -0.4 is 0 Å². The van der Waals surface area contributed by atoms with Crippen molar-refractivity contribution in [2.24, 2.45) is 0 Å². The van der Waals surface area contributed by atoms with E-state index < -0.39 is 26.5 Å². The van der Waals surface area contributed by atoms with Gasteiger partial charge >= 0.3 is 19.8 Å². The quantitative estimate of drug-likeness (QED) is 0.0211. The molecular weight excluding hydrogens is 1180 g/mol. The Morgan fingerprint density at radius 3 is 0.904 bits per heavy atom. The highest BCUT2D eigenvalue weighted by Crippen LogP contribution is 2.43. The Balaban J connectivity index is 4.02. The number of ether oxygens (including phenoxy) is 2. The molecule has 0 radical (unpaired) electrons. The highest BCUT2D eigenvalue weighted by molar-refractivity contribution is 7.47. The topological polar surface area (TPSA) is 108 Å². The molecule has 0 aromatic rings. The zero-order valence-corrected chi connectivity index (χ0v) is 62.6. The summed E-state index contributed by atoms with van der Waals surface area (Å²) in [5.41, 5.74) is 0. The van der Waals surface area contributed by atoms with Gasteiger partial charge in [-0.1, -0.05) is 340 Å². The van der Waals surface area contributed by atoms with Crippen molar-refractivity contribution in [1.29, 1.82) is 0 Å². The molecule has 0 saturated carbocycles. The van der Waals surface area contributed by atoms with E-state index in [0.717, 1.165) is 109 Å². The van der Waals surface area contributed by atoms with Gasteiger partial charge < -0.3 is 18.9 Å². The summed E-state index contributed by atoms with van der Waals surface area (Å²) in [6.45, 7) is 4.32. The largest absolute Gasteiger partial charge is 0.472 e. The van der Waals surface area contributed by atoms with Crippen LogP contribution in [0, 0.1) is 0 Å². The lowest BCUT2D eigenvalue weighted by molar-refractivity contribution is -0.870. The number of phosphoric acid groups is 1. The number of quaternary nitrogens is 1. The van der Waals surface area contributed by atoms with Crippen LogP contribution in [0.2, 0.25) is 0 Å². The second-order valence-electron chi connectivity index (χ2n) is 27.0. The molecule has 2 unspecified atom stereocenters. The van der Waals surface area contributed by atoms with Crippen molar-refractivity contribution >= 4 is 19.8 Å². The smallest absolute Gasteiger partial charge is 0.462 e. The van der Waals surface area contributed by atoms with E-state index >= 15 is 0 Å². The molecule has 0 heterocycles. The average molecular weight is 1330 g/mol. The first-order valence-corrected chi connectivity index (χ1v) is 40.4. The lowest BCUT2D eigenvalue weighted by Crippen LogP contribution is -2.37. The molecule has 0 aliphatic carbocycles. The van der Waals surface area contributed by atoms with Crippen molar-refractivity contribution < 1.29 is 42.1 Å². The summed E-state index contributed by atoms with van der Waals surface area (Å²) in [7, 11) is 1.47. The summed E-state index contributed by atoms with van der Waals surface area (Å²) < 4.78 is 34.8. The maximum absolute atomic E-state index is 12.9. The second kappa shape index (κ2) is 73.4. The number of carbonyl (C=O) groups is 2. The third-order valence-electron chi connectivity index (χ3n) is 16.7. The number of nitrogens with zero attached hydrogens (tertiary/aromatic N) is 1. The molecule has 94 heavy (non-hydrogen) atoms. The van der Waals surface area contributed by atoms with Crippen LogP contribution in [-0.2, 0) is 32.7 Å². The molecule has 0 amide bonds. The summed E-state index contributed by atoms with van der Waals surface area (Å²) in [4.78, 5) is 36.0. The molecule has 2 atom stereocenters. The highest BCUT2D eigenvalue weighted by Gasteiger charge is 2.27. The Bertz CT molecular complexity index is 2050. The van der Waals surface area contributed by atoms with Gasteiger partial charge in [0.05, 0.1) is 27.7 Å². The zero-order valence-electron chi connectivity index (χ0n) is 61.7. The van der Waals surface area contributed by atoms with Crippen molar-refractivity contribution in [3.63, 3.8) is 0 Å². The number of unbranched alkanes of at least 4 members (excludes halogenated alkanes) is 35. The minimum absolute atomic E-state index is 0.0252. The fraction of sp³-hybridized carbons (Fsp3) is 0.714. The summed E-state index contributed by atoms with van der Waals surface area (Å²) in [6.07, 6.45) is 107. The van der Waals surface area contributed by atoms with Crippen LogP contribution in [-0.4, -0.2) is 74.9 Å². The molecule has 0 saturated heterocycles. The Morgan fingerprint density at radius 2 is 0.606 bits per heavy atom. The van der Waals surface area contributed by atoms with Crippen molar-refractivity contribution in [2.75, 3.05) is 47.5 Å². The number of likely N-dealkylation sites (N-methyl/N-ethyl adjacent to an activating group) is 1. The van der Waals surface area contributed by atoms with Crippen molar-refractivity contribution in [2.45, 2.75) is 341 Å². The fourth-order valence-electron chi connectivity index (χ4n) is 10.7. The molecule has 0 spiro atoms. The number of rotatable bonds is 71. The maximum Gasteiger partial charge on any atom is 0.472 e. The average Bonchev–Trinajstić information content (AvgIpc) is 1.56. The van der Waals surface area contributed by atoms with Crippen LogP contribution in [0.3, 0.4) is 0 Å². The molecule has 0 aliphatic heterocycles. The second-order valence-corrected chi connectivity index (χ2v) is 28.5. The van der Waals surface area contributed by atoms with Crippen molar-refractivity contribution in [1.82, 2.24) is 0 Å². The van der Waals surface area contributed by atoms with E-state index in [0.29, 0.717) is 17.4 Å². The molecule has 0 fully saturated rings. The third kappa shape index (κ3) is 77.2. The van der Waals surface area contributed by atoms with E-state index in [1.54, 1.807) is 0 Å². The highest BCUT2D eigenvalue weighted by atomic mass is 31.2. The lowest BCUT2D eigenvalue weighted by Gasteiger charge is -2.24. The predicted molar refractivity (Wildman–Crippen MR) is 408 cm³/mol. The fourth-order valence-corrected chi connectivity index (χ4v) is 11.5. The molecule has 1 N–H and O–H groups in total. The van der Waals surface area contributed by atoms with E-state index in [9.17, 15) is 19.0 Å². The molecule has 0 aliphatic rings. The van der Waals surface area contributed by atoms with Gasteiger partial charge in [-0.15, -0.1) is 0 Å². The van der Waals surface area contributed by atoms with Gasteiger partial charge in [-0.05, 0) is 116 Å². The number of carbonyl (C=O) groups excluding carboxylic acids is 2. The maximum atomic E-state index is 12.9. The molecule has 0 aromatic carbocycles. The minimum atomic E-state index is -4.40. The third-order valence-corrected chi connectivity index (χ3v) is 17.6. The Kier molecular flexibility index (Phi) is 70.4. The van der Waals surface area contributed by atoms with Gasteiger partial charge in [-0.25, -0.2) is 4.57 Å². The SMILES string of the molecule is CC/C=C\C/C=C\C/C=C\C/C=C\C/C=C\C/C=C\C/C=C\C/C=C\CCCCCCCCCCC(=O)OC(COC(=O)CCCCCCCCCCCCCCCCCCCCCCCC/C=C\C/C=C\C/C=C\CCCCCCC)COP(=O)(O)OCC[N+](C)(C)C. The van der Waals surface area contributed by atoms with E-state index in [1.807, 2.05) is 21.1 Å². The van der Waals surface area contributed by atoms with Gasteiger partial charge in [0, 0.05) is 12.8 Å². The zero-order chi connectivity index (χ0) is 68.3. The normalized spacial score (nSPS) is 13.8. The first-order chi connectivity index (χ1) is 46.0. The first kappa shape index (κ1) is 90.2. The van der Waals surface area contributed by atoms with Crippen molar-refractivity contribution in [3.05, 3.63) is 134 Å². The van der Waals surface area contributed by atoms with Crippen molar-refractivity contribution in [3.8, 4) is 0 Å². The number of hydrogen-bond acceptors (Lipinski definition) is 7. The number of esters is 2. The van der Waals surface area contributed by atoms with Crippen LogP contribution in [0.4, 0.5) is 0 Å². The Hall–Kier alpha value is -3.85. The monoisotopic (exact) mass is 1330 g/mol. The molecule has 0 rings (SSSR count). The predicted octanol–water partition coefficient (Wildman–Crippen LogP) is 25.9. The summed E-state index contributed by atoms with van der Waals surface area (Å²) in [5.74, 6) is -0.802.